The van der Waals surface area contributed by atoms with Crippen molar-refractivity contribution in [3.63, 3.8) is 0 Å². The number of amidine groups is 1. The lowest BCUT2D eigenvalue weighted by Crippen LogP contribution is -2.36. The zero-order valence-electron chi connectivity index (χ0n) is 10.3. The minimum absolute atomic E-state index is 0.0244. The molecule has 0 spiro atoms. The number of sulfonamides is 1. The Labute approximate surface area is 125 Å². The predicted molar refractivity (Wildman–Crippen MR) is 74.2 cm³/mol. The van der Waals surface area contributed by atoms with Gasteiger partial charge >= 0.3 is 0 Å². The van der Waals surface area contributed by atoms with Crippen molar-refractivity contribution >= 4 is 39.1 Å². The first-order valence-corrected chi connectivity index (χ1v) is 7.55. The molecule has 0 radical (unpaired) electrons. The van der Waals surface area contributed by atoms with Crippen LogP contribution in [-0.2, 0) is 10.0 Å². The van der Waals surface area contributed by atoms with Crippen molar-refractivity contribution in [1.29, 1.82) is 0 Å². The van der Waals surface area contributed by atoms with Crippen molar-refractivity contribution in [2.24, 2.45) is 10.9 Å². The summed E-state index contributed by atoms with van der Waals surface area (Å²) in [7, 11) is -4.06. The molecule has 0 aromatic heterocycles. The number of benzene rings is 1. The molecule has 1 unspecified atom stereocenters. The largest absolute Gasteiger partial charge is 0.409 e. The first-order valence-electron chi connectivity index (χ1n) is 5.31. The van der Waals surface area contributed by atoms with E-state index in [2.05, 4.69) is 9.88 Å². The van der Waals surface area contributed by atoms with Crippen LogP contribution in [0.2, 0.25) is 10.0 Å². The molecule has 0 fully saturated rings. The smallest absolute Gasteiger partial charge is 0.242 e. The van der Waals surface area contributed by atoms with Crippen LogP contribution in [0.25, 0.3) is 0 Å². The van der Waals surface area contributed by atoms with E-state index in [-0.39, 0.29) is 17.3 Å². The maximum absolute atomic E-state index is 13.5. The molecule has 1 atom stereocenters. The Morgan fingerprint density at radius 1 is 1.55 bits per heavy atom. The molecule has 0 aliphatic rings. The molecule has 1 aromatic rings. The molecular formula is C10H12Cl2FN3O3S. The average molecular weight is 344 g/mol. The second-order valence-electron chi connectivity index (χ2n) is 3.99. The number of nitrogens with two attached hydrogens (primary N) is 1. The molecule has 0 bridgehead atoms. The highest BCUT2D eigenvalue weighted by atomic mass is 35.5. The Kier molecular flexibility index (Phi) is 5.58. The van der Waals surface area contributed by atoms with Gasteiger partial charge in [-0.25, -0.2) is 17.5 Å². The maximum Gasteiger partial charge on any atom is 0.242 e. The van der Waals surface area contributed by atoms with Crippen LogP contribution >= 0.6 is 23.2 Å². The summed E-state index contributed by atoms with van der Waals surface area (Å²) in [5.41, 5.74) is 5.27. The van der Waals surface area contributed by atoms with E-state index in [4.69, 9.17) is 34.1 Å². The lowest BCUT2D eigenvalue weighted by molar-refractivity contribution is 0.316. The third-order valence-corrected chi connectivity index (χ3v) is 4.69. The molecule has 10 heteroatoms. The van der Waals surface area contributed by atoms with Gasteiger partial charge in [-0.05, 0) is 19.1 Å². The van der Waals surface area contributed by atoms with Crippen LogP contribution in [0.3, 0.4) is 0 Å². The summed E-state index contributed by atoms with van der Waals surface area (Å²) >= 11 is 11.1. The fraction of sp³-hybridized carbons (Fsp3) is 0.300. The maximum atomic E-state index is 13.5. The molecule has 4 N–H and O–H groups in total. The molecule has 1 aromatic carbocycles. The highest BCUT2D eigenvalue weighted by molar-refractivity contribution is 7.89. The molecule has 1 rings (SSSR count). The number of nitrogens with one attached hydrogen (secondary N) is 1. The van der Waals surface area contributed by atoms with E-state index in [0.717, 1.165) is 12.1 Å². The van der Waals surface area contributed by atoms with Crippen LogP contribution in [0.4, 0.5) is 4.39 Å². The quantitative estimate of drug-likeness (QED) is 0.250. The molecular weight excluding hydrogens is 332 g/mol. The van der Waals surface area contributed by atoms with Gasteiger partial charge in [0.05, 0.1) is 10.0 Å². The van der Waals surface area contributed by atoms with Gasteiger partial charge < -0.3 is 10.9 Å². The van der Waals surface area contributed by atoms with Crippen molar-refractivity contribution in [3.8, 4) is 0 Å². The van der Waals surface area contributed by atoms with E-state index in [1.807, 2.05) is 0 Å². The summed E-state index contributed by atoms with van der Waals surface area (Å²) in [4.78, 5) is -0.438. The van der Waals surface area contributed by atoms with Gasteiger partial charge in [-0.1, -0.05) is 28.4 Å². The third-order valence-electron chi connectivity index (χ3n) is 2.29. The van der Waals surface area contributed by atoms with E-state index in [0.29, 0.717) is 0 Å². The first-order chi connectivity index (χ1) is 9.19. The fourth-order valence-corrected chi connectivity index (χ4v) is 3.43. The summed E-state index contributed by atoms with van der Waals surface area (Å²) < 4.78 is 39.8. The molecule has 0 saturated carbocycles. The normalized spacial score (nSPS) is 14.3. The van der Waals surface area contributed by atoms with Gasteiger partial charge in [0.2, 0.25) is 10.0 Å². The molecule has 0 amide bonds. The molecule has 6 nitrogen and oxygen atoms in total. The molecule has 0 aliphatic heterocycles. The average Bonchev–Trinajstić information content (AvgIpc) is 2.34. The minimum atomic E-state index is -4.06. The van der Waals surface area contributed by atoms with Crippen LogP contribution in [-0.4, -0.2) is 25.5 Å². The van der Waals surface area contributed by atoms with E-state index in [1.165, 1.54) is 6.92 Å². The Bertz CT molecular complexity index is 637. The molecule has 112 valence electrons. The highest BCUT2D eigenvalue weighted by Gasteiger charge is 2.24. The predicted octanol–water partition coefficient (Wildman–Crippen LogP) is 1.94. The Balaban J connectivity index is 3.04. The van der Waals surface area contributed by atoms with Crippen LogP contribution in [0.1, 0.15) is 13.3 Å². The van der Waals surface area contributed by atoms with Crippen LogP contribution in [0.5, 0.6) is 0 Å². The lowest BCUT2D eigenvalue weighted by atomic mass is 10.2. The van der Waals surface area contributed by atoms with Gasteiger partial charge in [0.25, 0.3) is 0 Å². The topological polar surface area (TPSA) is 105 Å². The summed E-state index contributed by atoms with van der Waals surface area (Å²) in [5, 5.41) is 10.3. The lowest BCUT2D eigenvalue weighted by Gasteiger charge is -2.14. The Morgan fingerprint density at radius 3 is 2.70 bits per heavy atom. The van der Waals surface area contributed by atoms with Crippen molar-refractivity contribution in [3.05, 3.63) is 28.0 Å². The van der Waals surface area contributed by atoms with Crippen molar-refractivity contribution in [2.45, 2.75) is 24.3 Å². The van der Waals surface area contributed by atoms with E-state index in [9.17, 15) is 12.8 Å². The van der Waals surface area contributed by atoms with Crippen LogP contribution < -0.4 is 10.5 Å². The second kappa shape index (κ2) is 6.57. The molecule has 0 aliphatic carbocycles. The van der Waals surface area contributed by atoms with Gasteiger partial charge in [0, 0.05) is 12.5 Å². The zero-order valence-corrected chi connectivity index (χ0v) is 12.6. The Hall–Kier alpha value is -1.09. The number of hydrogen-bond acceptors (Lipinski definition) is 4. The monoisotopic (exact) mass is 343 g/mol. The molecule has 0 heterocycles. The Morgan fingerprint density at radius 2 is 2.15 bits per heavy atom. The van der Waals surface area contributed by atoms with Crippen molar-refractivity contribution < 1.29 is 18.0 Å². The van der Waals surface area contributed by atoms with Crippen LogP contribution in [0.15, 0.2) is 22.2 Å². The second-order valence-corrected chi connectivity index (χ2v) is 6.46. The fourth-order valence-electron chi connectivity index (χ4n) is 1.44. The number of hydrogen-bond donors (Lipinski definition) is 3. The van der Waals surface area contributed by atoms with Crippen LogP contribution in [0, 0.1) is 5.82 Å². The summed E-state index contributed by atoms with van der Waals surface area (Å²) in [6.45, 7) is 1.50. The highest BCUT2D eigenvalue weighted by Crippen LogP contribution is 2.29. The third kappa shape index (κ3) is 3.95. The molecule has 20 heavy (non-hydrogen) atoms. The minimum Gasteiger partial charge on any atom is -0.409 e. The van der Waals surface area contributed by atoms with E-state index >= 15 is 0 Å². The van der Waals surface area contributed by atoms with E-state index < -0.39 is 31.8 Å². The standard InChI is InChI=1S/C10H12Cl2FN3O3S/c1-5(4-8(14)15-17)16-20(18,19)7-3-2-6(11)10(13)9(7)12/h2-3,5,16-17H,4H2,1H3,(H2,14,15). The summed E-state index contributed by atoms with van der Waals surface area (Å²) in [6.07, 6.45) is -0.0244. The van der Waals surface area contributed by atoms with Gasteiger partial charge in [-0.3, -0.25) is 0 Å². The van der Waals surface area contributed by atoms with Gasteiger partial charge in [0.15, 0.2) is 5.82 Å². The summed E-state index contributed by atoms with van der Waals surface area (Å²) in [5.74, 6) is -1.16. The zero-order chi connectivity index (χ0) is 15.5. The van der Waals surface area contributed by atoms with Gasteiger partial charge in [-0.15, -0.1) is 0 Å². The summed E-state index contributed by atoms with van der Waals surface area (Å²) in [6, 6.07) is 1.50. The van der Waals surface area contributed by atoms with Crippen molar-refractivity contribution in [2.75, 3.05) is 0 Å². The SMILES string of the molecule is CC(C/C(N)=N/O)NS(=O)(=O)c1ccc(Cl)c(F)c1Cl. The number of oxime groups is 1. The number of nitrogens with zero attached hydrogens (tertiary/aromatic N) is 1. The number of rotatable bonds is 5. The van der Waals surface area contributed by atoms with Gasteiger partial charge in [-0.2, -0.15) is 0 Å². The van der Waals surface area contributed by atoms with Gasteiger partial charge in [0.1, 0.15) is 10.7 Å². The molecule has 0 saturated heterocycles. The van der Waals surface area contributed by atoms with Crippen molar-refractivity contribution in [1.82, 2.24) is 4.72 Å². The van der Waals surface area contributed by atoms with E-state index in [1.54, 1.807) is 0 Å². The first kappa shape index (κ1) is 17.0. The number of halogens is 3.